The minimum atomic E-state index is -3.87. The van der Waals surface area contributed by atoms with Crippen LogP contribution in [0.25, 0.3) is 6.08 Å². The van der Waals surface area contributed by atoms with Crippen molar-refractivity contribution >= 4 is 27.7 Å². The molecule has 1 atom stereocenters. The van der Waals surface area contributed by atoms with Crippen molar-refractivity contribution in [1.82, 2.24) is 14.4 Å². The monoisotopic (exact) mass is 462 g/mol. The highest BCUT2D eigenvalue weighted by Crippen LogP contribution is 2.29. The molecule has 174 valence electrons. The van der Waals surface area contributed by atoms with E-state index in [4.69, 9.17) is 9.26 Å². The Morgan fingerprint density at radius 3 is 2.72 bits per heavy atom. The third-order valence-electron chi connectivity index (χ3n) is 5.14. The van der Waals surface area contributed by atoms with Gasteiger partial charge in [0.2, 0.25) is 15.9 Å². The zero-order valence-electron chi connectivity index (χ0n) is 18.9. The first-order chi connectivity index (χ1) is 15.2. The summed E-state index contributed by atoms with van der Waals surface area (Å²) in [5.74, 6) is 0.246. The Hall–Kier alpha value is -2.85. The van der Waals surface area contributed by atoms with Gasteiger partial charge in [-0.1, -0.05) is 5.16 Å². The zero-order valence-corrected chi connectivity index (χ0v) is 19.7. The Balaban J connectivity index is 1.74. The highest BCUT2D eigenvalue weighted by atomic mass is 32.2. The number of carbonyl (C=O) groups is 1. The molecule has 1 unspecified atom stereocenters. The van der Waals surface area contributed by atoms with Crippen LogP contribution in [0.1, 0.15) is 31.2 Å². The average molecular weight is 463 g/mol. The average Bonchev–Trinajstić information content (AvgIpc) is 3.15. The van der Waals surface area contributed by atoms with Gasteiger partial charge in [-0.25, -0.2) is 8.42 Å². The zero-order chi connectivity index (χ0) is 23.3. The lowest BCUT2D eigenvalue weighted by Gasteiger charge is -2.31. The standard InChI is InChI=1S/C22H30N4O5S/c1-5-30-19-10-8-18(9-11-19)23-22(27)17-7-6-13-26(15-17)32(28,29)21-16(2)24-31-20(21)12-14-25(3)4/h8-12,14,17H,5-7,13,15H2,1-4H3,(H,23,27)/b14-12+. The summed E-state index contributed by atoms with van der Waals surface area (Å²) in [6, 6.07) is 7.11. The molecule has 10 heteroatoms. The molecule has 0 spiro atoms. The number of hydrogen-bond acceptors (Lipinski definition) is 7. The first-order valence-electron chi connectivity index (χ1n) is 10.6. The van der Waals surface area contributed by atoms with Gasteiger partial charge in [0.15, 0.2) is 10.7 Å². The van der Waals surface area contributed by atoms with Crippen LogP contribution in [0.15, 0.2) is 39.9 Å². The number of sulfonamides is 1. The third-order valence-corrected chi connectivity index (χ3v) is 7.17. The molecule has 0 radical (unpaired) electrons. The lowest BCUT2D eigenvalue weighted by atomic mass is 9.99. The van der Waals surface area contributed by atoms with Crippen molar-refractivity contribution < 1.29 is 22.5 Å². The number of ether oxygens (including phenoxy) is 1. The highest BCUT2D eigenvalue weighted by molar-refractivity contribution is 7.89. The molecule has 1 N–H and O–H groups in total. The Morgan fingerprint density at radius 2 is 2.06 bits per heavy atom. The number of nitrogens with zero attached hydrogens (tertiary/aromatic N) is 3. The van der Waals surface area contributed by atoms with E-state index >= 15 is 0 Å². The number of piperidine rings is 1. The molecule has 1 aromatic heterocycles. The molecule has 1 aliphatic rings. The van der Waals surface area contributed by atoms with E-state index in [1.54, 1.807) is 48.4 Å². The van der Waals surface area contributed by atoms with Crippen LogP contribution in [0, 0.1) is 12.8 Å². The molecule has 32 heavy (non-hydrogen) atoms. The van der Waals surface area contributed by atoms with Crippen LogP contribution in [-0.2, 0) is 14.8 Å². The van der Waals surface area contributed by atoms with E-state index in [1.165, 1.54) is 4.31 Å². The molecule has 0 bridgehead atoms. The van der Waals surface area contributed by atoms with E-state index in [0.29, 0.717) is 37.4 Å². The van der Waals surface area contributed by atoms with E-state index in [1.807, 2.05) is 21.0 Å². The second kappa shape index (κ2) is 10.2. The molecule has 0 saturated carbocycles. The van der Waals surface area contributed by atoms with E-state index in [2.05, 4.69) is 10.5 Å². The Labute approximate surface area is 189 Å². The fourth-order valence-electron chi connectivity index (χ4n) is 3.56. The molecule has 1 saturated heterocycles. The predicted octanol–water partition coefficient (Wildman–Crippen LogP) is 2.95. The number of anilines is 1. The van der Waals surface area contributed by atoms with Gasteiger partial charge < -0.3 is 19.5 Å². The summed E-state index contributed by atoms with van der Waals surface area (Å²) in [7, 11) is -0.217. The summed E-state index contributed by atoms with van der Waals surface area (Å²) >= 11 is 0. The smallest absolute Gasteiger partial charge is 0.248 e. The normalized spacial score (nSPS) is 17.4. The summed E-state index contributed by atoms with van der Waals surface area (Å²) in [5, 5.41) is 6.73. The molecule has 3 rings (SSSR count). The number of nitrogens with one attached hydrogen (secondary N) is 1. The topological polar surface area (TPSA) is 105 Å². The SMILES string of the molecule is CCOc1ccc(NC(=O)C2CCCN(S(=O)(=O)c3c(C)noc3/C=C/N(C)C)C2)cc1. The van der Waals surface area contributed by atoms with E-state index in [0.717, 1.165) is 5.75 Å². The van der Waals surface area contributed by atoms with E-state index < -0.39 is 15.9 Å². The molecule has 2 aromatic rings. The number of rotatable bonds is 8. The van der Waals surface area contributed by atoms with Crippen LogP contribution in [0.3, 0.4) is 0 Å². The van der Waals surface area contributed by atoms with Crippen molar-refractivity contribution in [2.75, 3.05) is 39.1 Å². The van der Waals surface area contributed by atoms with Crippen LogP contribution in [0.5, 0.6) is 5.75 Å². The van der Waals surface area contributed by atoms with Crippen molar-refractivity contribution in [3.05, 3.63) is 41.9 Å². The van der Waals surface area contributed by atoms with Gasteiger partial charge >= 0.3 is 0 Å². The number of hydrogen-bond donors (Lipinski definition) is 1. The Morgan fingerprint density at radius 1 is 1.34 bits per heavy atom. The summed E-state index contributed by atoms with van der Waals surface area (Å²) in [4.78, 5) is 14.7. The molecule has 9 nitrogen and oxygen atoms in total. The summed E-state index contributed by atoms with van der Waals surface area (Å²) < 4.78 is 38.8. The molecule has 2 heterocycles. The van der Waals surface area contributed by atoms with Crippen LogP contribution in [0.2, 0.25) is 0 Å². The van der Waals surface area contributed by atoms with Crippen molar-refractivity contribution in [3.8, 4) is 5.75 Å². The molecule has 0 aliphatic carbocycles. The predicted molar refractivity (Wildman–Crippen MR) is 122 cm³/mol. The van der Waals surface area contributed by atoms with Crippen LogP contribution < -0.4 is 10.1 Å². The molecular weight excluding hydrogens is 432 g/mol. The first-order valence-corrected chi connectivity index (χ1v) is 12.0. The van der Waals surface area contributed by atoms with E-state index in [9.17, 15) is 13.2 Å². The number of carbonyl (C=O) groups excluding carboxylic acids is 1. The first kappa shape index (κ1) is 23.8. The van der Waals surface area contributed by atoms with Crippen LogP contribution >= 0.6 is 0 Å². The molecular formula is C22H30N4O5S. The summed E-state index contributed by atoms with van der Waals surface area (Å²) in [5.41, 5.74) is 0.939. The third kappa shape index (κ3) is 5.49. The second-order valence-electron chi connectivity index (χ2n) is 7.89. The molecule has 1 aliphatic heterocycles. The maximum absolute atomic E-state index is 13.4. The van der Waals surface area contributed by atoms with Gasteiger partial charge in [-0.05, 0) is 51.0 Å². The Kier molecular flexibility index (Phi) is 7.57. The number of benzene rings is 1. The minimum Gasteiger partial charge on any atom is -0.494 e. The van der Waals surface area contributed by atoms with Crippen molar-refractivity contribution in [2.24, 2.45) is 5.92 Å². The van der Waals surface area contributed by atoms with Gasteiger partial charge in [-0.2, -0.15) is 4.31 Å². The van der Waals surface area contributed by atoms with Gasteiger partial charge in [-0.15, -0.1) is 0 Å². The van der Waals surface area contributed by atoms with Crippen molar-refractivity contribution in [3.63, 3.8) is 0 Å². The van der Waals surface area contributed by atoms with Crippen LogP contribution in [0.4, 0.5) is 5.69 Å². The fraction of sp³-hybridized carbons (Fsp3) is 0.455. The lowest BCUT2D eigenvalue weighted by molar-refractivity contribution is -0.120. The molecule has 1 aromatic carbocycles. The largest absolute Gasteiger partial charge is 0.494 e. The molecule has 1 amide bonds. The Bertz CT molecular complexity index is 1060. The van der Waals surface area contributed by atoms with Crippen molar-refractivity contribution in [1.29, 1.82) is 0 Å². The number of aromatic nitrogens is 1. The van der Waals surface area contributed by atoms with Gasteiger partial charge in [-0.3, -0.25) is 4.79 Å². The van der Waals surface area contributed by atoms with Gasteiger partial charge in [0.25, 0.3) is 0 Å². The lowest BCUT2D eigenvalue weighted by Crippen LogP contribution is -2.43. The quantitative estimate of drug-likeness (QED) is 0.643. The fourth-order valence-corrected chi connectivity index (χ4v) is 5.34. The highest BCUT2D eigenvalue weighted by Gasteiger charge is 2.37. The van der Waals surface area contributed by atoms with Crippen molar-refractivity contribution in [2.45, 2.75) is 31.6 Å². The summed E-state index contributed by atoms with van der Waals surface area (Å²) in [6.45, 7) is 4.52. The second-order valence-corrected chi connectivity index (χ2v) is 9.76. The summed E-state index contributed by atoms with van der Waals surface area (Å²) in [6.07, 6.45) is 4.48. The maximum atomic E-state index is 13.4. The van der Waals surface area contributed by atoms with Crippen LogP contribution in [-0.4, -0.2) is 62.5 Å². The van der Waals surface area contributed by atoms with Gasteiger partial charge in [0.05, 0.1) is 12.5 Å². The maximum Gasteiger partial charge on any atom is 0.248 e. The number of amides is 1. The van der Waals surface area contributed by atoms with Gasteiger partial charge in [0, 0.05) is 45.1 Å². The number of aryl methyl sites for hydroxylation is 1. The van der Waals surface area contributed by atoms with Gasteiger partial charge in [0.1, 0.15) is 11.4 Å². The van der Waals surface area contributed by atoms with E-state index in [-0.39, 0.29) is 23.1 Å². The molecule has 1 fully saturated rings. The minimum absolute atomic E-state index is 0.0446.